The predicted octanol–water partition coefficient (Wildman–Crippen LogP) is 1.04. The van der Waals surface area contributed by atoms with Gasteiger partial charge in [-0.3, -0.25) is 9.69 Å². The Kier molecular flexibility index (Phi) is 5.44. The van der Waals surface area contributed by atoms with E-state index >= 15 is 0 Å². The molecular weight excluding hydrogens is 340 g/mol. The summed E-state index contributed by atoms with van der Waals surface area (Å²) in [5.74, 6) is 1.26. The van der Waals surface area contributed by atoms with Crippen molar-refractivity contribution in [3.8, 4) is 5.75 Å². The van der Waals surface area contributed by atoms with Crippen LogP contribution in [-0.2, 0) is 14.6 Å². The van der Waals surface area contributed by atoms with Gasteiger partial charge < -0.3 is 9.64 Å². The van der Waals surface area contributed by atoms with E-state index in [4.69, 9.17) is 4.74 Å². The number of hydrogen-bond donors (Lipinski definition) is 0. The van der Waals surface area contributed by atoms with E-state index in [9.17, 15) is 13.2 Å². The number of benzene rings is 1. The van der Waals surface area contributed by atoms with Crippen LogP contribution in [0.1, 0.15) is 12.0 Å². The maximum absolute atomic E-state index is 12.4. The van der Waals surface area contributed by atoms with Crippen molar-refractivity contribution in [2.45, 2.75) is 12.5 Å². The summed E-state index contributed by atoms with van der Waals surface area (Å²) in [7, 11) is -1.26. The first-order chi connectivity index (χ1) is 12.0. The number of para-hydroxylation sites is 1. The van der Waals surface area contributed by atoms with Gasteiger partial charge in [0.25, 0.3) is 0 Å². The van der Waals surface area contributed by atoms with Gasteiger partial charge in [0.1, 0.15) is 5.75 Å². The monoisotopic (exact) mass is 364 g/mol. The number of sulfone groups is 1. The topological polar surface area (TPSA) is 66.9 Å². The lowest BCUT2D eigenvalue weighted by Crippen LogP contribution is -2.52. The van der Waals surface area contributed by atoms with Crippen molar-refractivity contribution in [1.82, 2.24) is 9.80 Å². The van der Waals surface area contributed by atoms with Crippen molar-refractivity contribution < 1.29 is 17.9 Å². The summed E-state index contributed by atoms with van der Waals surface area (Å²) in [5.41, 5.74) is 0.869. The maximum atomic E-state index is 12.4. The molecule has 7 heteroatoms. The molecule has 0 saturated carbocycles. The van der Waals surface area contributed by atoms with Gasteiger partial charge in [0.05, 0.1) is 18.6 Å². The fraction of sp³-hybridized carbons (Fsp3) is 0.500. The molecule has 6 nitrogen and oxygen atoms in total. The standard InChI is InChI=1S/C18H24N2O4S/c1-24-17-5-3-2-4-15(17)6-7-18(21)20-11-9-19(10-12-20)16-8-13-25(22,23)14-16/h2-7,16H,8-14H2,1H3/b7-6+/t16-/m0/s1. The minimum Gasteiger partial charge on any atom is -0.496 e. The molecule has 1 aromatic rings. The molecule has 2 fully saturated rings. The number of rotatable bonds is 4. The fourth-order valence-electron chi connectivity index (χ4n) is 3.44. The van der Waals surface area contributed by atoms with Crippen LogP contribution >= 0.6 is 0 Å². The SMILES string of the molecule is COc1ccccc1/C=C/C(=O)N1CCN([C@H]2CCS(=O)(=O)C2)CC1. The fourth-order valence-corrected chi connectivity index (χ4v) is 5.20. The minimum atomic E-state index is -2.87. The Hall–Kier alpha value is -1.86. The van der Waals surface area contributed by atoms with Crippen LogP contribution in [0.5, 0.6) is 5.75 Å². The molecule has 1 atom stereocenters. The average molecular weight is 364 g/mol. The Labute approximate surface area is 149 Å². The number of ether oxygens (including phenoxy) is 1. The molecule has 25 heavy (non-hydrogen) atoms. The lowest BCUT2D eigenvalue weighted by Gasteiger charge is -2.37. The van der Waals surface area contributed by atoms with Gasteiger partial charge >= 0.3 is 0 Å². The first-order valence-electron chi connectivity index (χ1n) is 8.53. The van der Waals surface area contributed by atoms with Crippen LogP contribution < -0.4 is 4.74 Å². The normalized spacial score (nSPS) is 23.9. The lowest BCUT2D eigenvalue weighted by molar-refractivity contribution is -0.127. The van der Waals surface area contributed by atoms with Gasteiger partial charge in [-0.15, -0.1) is 0 Å². The number of carbonyl (C=O) groups is 1. The molecule has 0 aromatic heterocycles. The summed E-state index contributed by atoms with van der Waals surface area (Å²) in [6.45, 7) is 2.72. The molecule has 3 rings (SSSR count). The number of carbonyl (C=O) groups excluding carboxylic acids is 1. The highest BCUT2D eigenvalue weighted by Gasteiger charge is 2.34. The van der Waals surface area contributed by atoms with Gasteiger partial charge in [0, 0.05) is 43.9 Å². The quantitative estimate of drug-likeness (QED) is 0.747. The van der Waals surface area contributed by atoms with Crippen LogP contribution in [0.2, 0.25) is 0 Å². The Balaban J connectivity index is 1.54. The Bertz CT molecular complexity index is 752. The number of amides is 1. The molecule has 2 saturated heterocycles. The molecule has 0 bridgehead atoms. The molecule has 2 aliphatic rings. The van der Waals surface area contributed by atoms with Gasteiger partial charge in [0.15, 0.2) is 9.84 Å². The molecule has 0 radical (unpaired) electrons. The van der Waals surface area contributed by atoms with E-state index in [1.54, 1.807) is 19.3 Å². The smallest absolute Gasteiger partial charge is 0.246 e. The van der Waals surface area contributed by atoms with E-state index < -0.39 is 9.84 Å². The largest absolute Gasteiger partial charge is 0.496 e. The van der Waals surface area contributed by atoms with E-state index in [-0.39, 0.29) is 17.7 Å². The van der Waals surface area contributed by atoms with Crippen LogP contribution in [-0.4, -0.2) is 75.0 Å². The Morgan fingerprint density at radius 2 is 1.92 bits per heavy atom. The molecular formula is C18H24N2O4S. The highest BCUT2D eigenvalue weighted by atomic mass is 32.2. The van der Waals surface area contributed by atoms with Crippen molar-refractivity contribution in [3.05, 3.63) is 35.9 Å². The van der Waals surface area contributed by atoms with Crippen LogP contribution in [0, 0.1) is 0 Å². The average Bonchev–Trinajstić information content (AvgIpc) is 3.00. The van der Waals surface area contributed by atoms with Gasteiger partial charge in [-0.1, -0.05) is 18.2 Å². The van der Waals surface area contributed by atoms with Crippen LogP contribution in [0.15, 0.2) is 30.3 Å². The molecule has 2 aliphatic heterocycles. The summed E-state index contributed by atoms with van der Waals surface area (Å²) in [6, 6.07) is 7.67. The highest BCUT2D eigenvalue weighted by molar-refractivity contribution is 7.91. The molecule has 0 unspecified atom stereocenters. The zero-order valence-corrected chi connectivity index (χ0v) is 15.2. The second kappa shape index (κ2) is 7.58. The molecule has 0 aliphatic carbocycles. The van der Waals surface area contributed by atoms with E-state index in [0.29, 0.717) is 25.3 Å². The summed E-state index contributed by atoms with van der Waals surface area (Å²) < 4.78 is 28.5. The van der Waals surface area contributed by atoms with E-state index in [1.165, 1.54) is 0 Å². The van der Waals surface area contributed by atoms with Crippen LogP contribution in [0.25, 0.3) is 6.08 Å². The zero-order chi connectivity index (χ0) is 17.9. The second-order valence-electron chi connectivity index (χ2n) is 6.49. The zero-order valence-electron chi connectivity index (χ0n) is 14.4. The molecule has 136 valence electrons. The van der Waals surface area contributed by atoms with Crippen molar-refractivity contribution >= 4 is 21.8 Å². The van der Waals surface area contributed by atoms with Crippen LogP contribution in [0.4, 0.5) is 0 Å². The summed E-state index contributed by atoms with van der Waals surface area (Å²) in [4.78, 5) is 16.4. The molecule has 1 amide bonds. The predicted molar refractivity (Wildman–Crippen MR) is 97.2 cm³/mol. The Morgan fingerprint density at radius 1 is 1.20 bits per heavy atom. The number of methoxy groups -OCH3 is 1. The molecule has 0 spiro atoms. The van der Waals surface area contributed by atoms with E-state index in [1.807, 2.05) is 29.2 Å². The van der Waals surface area contributed by atoms with E-state index in [2.05, 4.69) is 4.90 Å². The van der Waals surface area contributed by atoms with Crippen molar-refractivity contribution in [1.29, 1.82) is 0 Å². The first-order valence-corrected chi connectivity index (χ1v) is 10.3. The number of nitrogens with zero attached hydrogens (tertiary/aromatic N) is 2. The summed E-state index contributed by atoms with van der Waals surface area (Å²) in [6.07, 6.45) is 4.06. The van der Waals surface area contributed by atoms with Crippen molar-refractivity contribution in [2.75, 3.05) is 44.8 Å². The van der Waals surface area contributed by atoms with E-state index in [0.717, 1.165) is 24.4 Å². The molecule has 0 N–H and O–H groups in total. The van der Waals surface area contributed by atoms with Crippen molar-refractivity contribution in [3.63, 3.8) is 0 Å². The summed E-state index contributed by atoms with van der Waals surface area (Å²) >= 11 is 0. The lowest BCUT2D eigenvalue weighted by atomic mass is 10.1. The third-order valence-corrected chi connectivity index (χ3v) is 6.65. The van der Waals surface area contributed by atoms with Gasteiger partial charge in [-0.25, -0.2) is 8.42 Å². The van der Waals surface area contributed by atoms with Gasteiger partial charge in [-0.2, -0.15) is 0 Å². The maximum Gasteiger partial charge on any atom is 0.246 e. The molecule has 2 heterocycles. The van der Waals surface area contributed by atoms with Crippen LogP contribution in [0.3, 0.4) is 0 Å². The highest BCUT2D eigenvalue weighted by Crippen LogP contribution is 2.20. The minimum absolute atomic E-state index is 0.0235. The number of hydrogen-bond acceptors (Lipinski definition) is 5. The summed E-state index contributed by atoms with van der Waals surface area (Å²) in [5, 5.41) is 0. The first kappa shape index (κ1) is 17.9. The second-order valence-corrected chi connectivity index (χ2v) is 8.72. The van der Waals surface area contributed by atoms with Gasteiger partial charge in [0.2, 0.25) is 5.91 Å². The molecule has 1 aromatic carbocycles. The third-order valence-electron chi connectivity index (χ3n) is 4.90. The number of piperazine rings is 1. The third kappa shape index (κ3) is 4.41. The Morgan fingerprint density at radius 3 is 2.56 bits per heavy atom. The van der Waals surface area contributed by atoms with Crippen molar-refractivity contribution in [2.24, 2.45) is 0 Å². The van der Waals surface area contributed by atoms with Gasteiger partial charge in [-0.05, 0) is 18.6 Å².